The molecular weight excluding hydrogens is 274 g/mol. The number of rotatable bonds is 7. The normalized spacial score (nSPS) is 10.5. The molecule has 2 rings (SSSR count). The van der Waals surface area contributed by atoms with Gasteiger partial charge in [-0.25, -0.2) is 4.98 Å². The van der Waals surface area contributed by atoms with E-state index in [1.807, 2.05) is 25.3 Å². The van der Waals surface area contributed by atoms with Crippen molar-refractivity contribution in [3.8, 4) is 0 Å². The number of hydrogen-bond donors (Lipinski definition) is 3. The zero-order valence-electron chi connectivity index (χ0n) is 11.7. The van der Waals surface area contributed by atoms with Crippen molar-refractivity contribution in [3.63, 3.8) is 0 Å². The number of hydrogen-bond acceptors (Lipinski definition) is 6. The lowest BCUT2D eigenvalue weighted by Gasteiger charge is -2.09. The molecule has 20 heavy (non-hydrogen) atoms. The summed E-state index contributed by atoms with van der Waals surface area (Å²) in [5, 5.41) is 12.1. The molecule has 0 atom stereocenters. The molecule has 2 heterocycles. The van der Waals surface area contributed by atoms with Gasteiger partial charge >= 0.3 is 0 Å². The second-order valence-corrected chi connectivity index (χ2v) is 5.09. The molecular formula is C13H19N5OS. The van der Waals surface area contributed by atoms with E-state index in [0.29, 0.717) is 25.5 Å². The van der Waals surface area contributed by atoms with Crippen LogP contribution in [0.25, 0.3) is 10.2 Å². The minimum absolute atomic E-state index is 0.0440. The van der Waals surface area contributed by atoms with Crippen molar-refractivity contribution < 1.29 is 4.79 Å². The zero-order valence-corrected chi connectivity index (χ0v) is 12.5. The molecule has 0 saturated carbocycles. The van der Waals surface area contributed by atoms with Gasteiger partial charge in [0.1, 0.15) is 10.6 Å². The van der Waals surface area contributed by atoms with Gasteiger partial charge in [-0.15, -0.1) is 11.3 Å². The SMILES string of the molecule is CCNC(=O)CCNc1nc(NCC)nc2sccc12. The van der Waals surface area contributed by atoms with Crippen LogP contribution >= 0.6 is 11.3 Å². The molecule has 0 saturated heterocycles. The van der Waals surface area contributed by atoms with Crippen LogP contribution in [0.2, 0.25) is 0 Å². The Morgan fingerprint density at radius 1 is 1.25 bits per heavy atom. The third-order valence-corrected chi connectivity index (χ3v) is 3.49. The van der Waals surface area contributed by atoms with Crippen LogP contribution in [0, 0.1) is 0 Å². The minimum Gasteiger partial charge on any atom is -0.369 e. The molecule has 3 N–H and O–H groups in total. The molecule has 0 aliphatic rings. The molecule has 7 heteroatoms. The van der Waals surface area contributed by atoms with E-state index in [1.54, 1.807) is 11.3 Å². The van der Waals surface area contributed by atoms with Gasteiger partial charge in [0.15, 0.2) is 0 Å². The van der Waals surface area contributed by atoms with Crippen molar-refractivity contribution in [1.82, 2.24) is 15.3 Å². The van der Waals surface area contributed by atoms with Gasteiger partial charge in [-0.2, -0.15) is 4.98 Å². The lowest BCUT2D eigenvalue weighted by molar-refractivity contribution is -0.120. The first-order chi connectivity index (χ1) is 9.74. The van der Waals surface area contributed by atoms with E-state index in [-0.39, 0.29) is 5.91 Å². The average molecular weight is 293 g/mol. The van der Waals surface area contributed by atoms with E-state index < -0.39 is 0 Å². The molecule has 0 unspecified atom stereocenters. The first kappa shape index (κ1) is 14.5. The Bertz CT molecular complexity index is 583. The fourth-order valence-electron chi connectivity index (χ4n) is 1.81. The number of carbonyl (C=O) groups is 1. The predicted octanol–water partition coefficient (Wildman–Crippen LogP) is 2.06. The average Bonchev–Trinajstić information content (AvgIpc) is 2.88. The van der Waals surface area contributed by atoms with Crippen molar-refractivity contribution in [2.24, 2.45) is 0 Å². The summed E-state index contributed by atoms with van der Waals surface area (Å²) < 4.78 is 0. The molecule has 6 nitrogen and oxygen atoms in total. The number of amides is 1. The molecule has 108 valence electrons. The Morgan fingerprint density at radius 3 is 2.85 bits per heavy atom. The van der Waals surface area contributed by atoms with Gasteiger partial charge in [-0.1, -0.05) is 0 Å². The van der Waals surface area contributed by atoms with Gasteiger partial charge in [-0.3, -0.25) is 4.79 Å². The summed E-state index contributed by atoms with van der Waals surface area (Å²) >= 11 is 1.58. The molecule has 2 aromatic heterocycles. The number of thiophene rings is 1. The summed E-state index contributed by atoms with van der Waals surface area (Å²) in [6.07, 6.45) is 0.431. The highest BCUT2D eigenvalue weighted by Crippen LogP contribution is 2.26. The van der Waals surface area contributed by atoms with E-state index in [2.05, 4.69) is 25.9 Å². The standard InChI is InChI=1S/C13H19N5OS/c1-3-14-10(19)5-7-16-11-9-6-8-20-12(9)18-13(17-11)15-4-2/h6,8H,3-5,7H2,1-2H3,(H,14,19)(H2,15,16,17,18). The van der Waals surface area contributed by atoms with Crippen LogP contribution in [0.4, 0.5) is 11.8 Å². The number of nitrogens with zero attached hydrogens (tertiary/aromatic N) is 2. The summed E-state index contributed by atoms with van der Waals surface area (Å²) in [4.78, 5) is 21.2. The molecule has 0 bridgehead atoms. The fourth-order valence-corrected chi connectivity index (χ4v) is 2.57. The lowest BCUT2D eigenvalue weighted by Crippen LogP contribution is -2.24. The Labute approximate surface area is 122 Å². The summed E-state index contributed by atoms with van der Waals surface area (Å²) in [6.45, 7) is 5.90. The van der Waals surface area contributed by atoms with Gasteiger partial charge < -0.3 is 16.0 Å². The van der Waals surface area contributed by atoms with E-state index in [1.165, 1.54) is 0 Å². The molecule has 0 aromatic carbocycles. The quantitative estimate of drug-likeness (QED) is 0.728. The van der Waals surface area contributed by atoms with E-state index in [0.717, 1.165) is 22.6 Å². The van der Waals surface area contributed by atoms with Crippen molar-refractivity contribution in [3.05, 3.63) is 11.4 Å². The summed E-state index contributed by atoms with van der Waals surface area (Å²) in [5.41, 5.74) is 0. The van der Waals surface area contributed by atoms with Crippen molar-refractivity contribution in [2.75, 3.05) is 30.3 Å². The van der Waals surface area contributed by atoms with E-state index in [9.17, 15) is 4.79 Å². The number of carbonyl (C=O) groups excluding carboxylic acids is 1. The Kier molecular flexibility index (Phi) is 5.11. The van der Waals surface area contributed by atoms with Crippen LogP contribution in [0.1, 0.15) is 20.3 Å². The molecule has 1 amide bonds. The van der Waals surface area contributed by atoms with Crippen molar-refractivity contribution in [1.29, 1.82) is 0 Å². The number of fused-ring (bicyclic) bond motifs is 1. The molecule has 0 fully saturated rings. The predicted molar refractivity (Wildman–Crippen MR) is 83.4 cm³/mol. The monoisotopic (exact) mass is 293 g/mol. The van der Waals surface area contributed by atoms with Gasteiger partial charge in [0.05, 0.1) is 5.39 Å². The van der Waals surface area contributed by atoms with Crippen LogP contribution < -0.4 is 16.0 Å². The van der Waals surface area contributed by atoms with Crippen LogP contribution in [0.5, 0.6) is 0 Å². The maximum absolute atomic E-state index is 11.4. The highest BCUT2D eigenvalue weighted by molar-refractivity contribution is 7.16. The molecule has 0 aliphatic carbocycles. The van der Waals surface area contributed by atoms with Crippen molar-refractivity contribution in [2.45, 2.75) is 20.3 Å². The topological polar surface area (TPSA) is 78.9 Å². The van der Waals surface area contributed by atoms with Gasteiger partial charge in [-0.05, 0) is 25.3 Å². The largest absolute Gasteiger partial charge is 0.369 e. The highest BCUT2D eigenvalue weighted by Gasteiger charge is 2.08. The minimum atomic E-state index is 0.0440. The lowest BCUT2D eigenvalue weighted by atomic mass is 10.3. The van der Waals surface area contributed by atoms with Crippen LogP contribution in [-0.4, -0.2) is 35.5 Å². The Balaban J connectivity index is 2.07. The number of aromatic nitrogens is 2. The molecule has 2 aromatic rings. The highest BCUT2D eigenvalue weighted by atomic mass is 32.1. The first-order valence-corrected chi connectivity index (χ1v) is 7.62. The van der Waals surface area contributed by atoms with Gasteiger partial charge in [0.25, 0.3) is 0 Å². The Morgan fingerprint density at radius 2 is 2.10 bits per heavy atom. The number of anilines is 2. The van der Waals surface area contributed by atoms with Crippen LogP contribution in [0.15, 0.2) is 11.4 Å². The second kappa shape index (κ2) is 7.04. The fraction of sp³-hybridized carbons (Fsp3) is 0.462. The maximum Gasteiger partial charge on any atom is 0.226 e. The van der Waals surface area contributed by atoms with E-state index in [4.69, 9.17) is 0 Å². The maximum atomic E-state index is 11.4. The van der Waals surface area contributed by atoms with Crippen molar-refractivity contribution >= 4 is 39.2 Å². The third kappa shape index (κ3) is 3.57. The van der Waals surface area contributed by atoms with Crippen LogP contribution in [0.3, 0.4) is 0 Å². The van der Waals surface area contributed by atoms with E-state index >= 15 is 0 Å². The molecule has 0 radical (unpaired) electrons. The third-order valence-electron chi connectivity index (χ3n) is 2.68. The number of nitrogens with one attached hydrogen (secondary N) is 3. The first-order valence-electron chi connectivity index (χ1n) is 6.74. The Hall–Kier alpha value is -1.89. The summed E-state index contributed by atoms with van der Waals surface area (Å²) in [7, 11) is 0. The molecule has 0 aliphatic heterocycles. The van der Waals surface area contributed by atoms with Crippen LogP contribution in [-0.2, 0) is 4.79 Å². The van der Waals surface area contributed by atoms with Gasteiger partial charge in [0, 0.05) is 26.1 Å². The second-order valence-electron chi connectivity index (χ2n) is 4.20. The smallest absolute Gasteiger partial charge is 0.226 e. The van der Waals surface area contributed by atoms with Gasteiger partial charge in [0.2, 0.25) is 11.9 Å². The molecule has 0 spiro atoms. The summed E-state index contributed by atoms with van der Waals surface area (Å²) in [5.74, 6) is 1.43. The zero-order chi connectivity index (χ0) is 14.4. The summed E-state index contributed by atoms with van der Waals surface area (Å²) in [6, 6.07) is 1.99.